The van der Waals surface area contributed by atoms with Crippen LogP contribution >= 0.6 is 24.2 Å². The predicted molar refractivity (Wildman–Crippen MR) is 85.5 cm³/mol. The van der Waals surface area contributed by atoms with Crippen LogP contribution in [0.25, 0.3) is 0 Å². The topological polar surface area (TPSA) is 157 Å². The van der Waals surface area contributed by atoms with Crippen molar-refractivity contribution in [2.45, 2.75) is 16.7 Å². The van der Waals surface area contributed by atoms with Crippen molar-refractivity contribution in [3.05, 3.63) is 22.7 Å². The molecule has 1 amide bonds. The van der Waals surface area contributed by atoms with Crippen molar-refractivity contribution >= 4 is 46.1 Å². The Kier molecular flexibility index (Phi) is 6.02. The Morgan fingerprint density at radius 2 is 2.09 bits per heavy atom. The lowest BCUT2D eigenvalue weighted by Crippen LogP contribution is -2.49. The third-order valence-electron chi connectivity index (χ3n) is 2.50. The molecule has 0 heterocycles. The van der Waals surface area contributed by atoms with Crippen LogP contribution in [0.2, 0.25) is 5.02 Å². The average molecular weight is 367 g/mol. The Morgan fingerprint density at radius 1 is 1.50 bits per heavy atom. The minimum absolute atomic E-state index is 0.107. The number of halogens is 1. The number of sulfonamides is 1. The third kappa shape index (κ3) is 4.48. The van der Waals surface area contributed by atoms with Crippen LogP contribution in [-0.2, 0) is 14.8 Å². The highest BCUT2D eigenvalue weighted by molar-refractivity contribution is 7.91. The number of hydrazine groups is 2. The molecule has 1 aromatic carbocycles. The number of hydrogen-bond acceptors (Lipinski definition) is 6. The molecule has 22 heavy (non-hydrogen) atoms. The highest BCUT2D eigenvalue weighted by atomic mass is 35.5. The molecule has 0 aliphatic carbocycles. The minimum Gasteiger partial charge on any atom is -0.368 e. The molecule has 0 saturated carbocycles. The Morgan fingerprint density at radius 3 is 2.64 bits per heavy atom. The second-order valence-electron chi connectivity index (χ2n) is 4.19. The summed E-state index contributed by atoms with van der Waals surface area (Å²) in [5, 5.41) is 1.00. The van der Waals surface area contributed by atoms with E-state index in [1.165, 1.54) is 12.1 Å². The van der Waals surface area contributed by atoms with Crippen molar-refractivity contribution in [2.75, 3.05) is 6.54 Å². The number of nitrogens with two attached hydrogens (primary N) is 3. The van der Waals surface area contributed by atoms with Gasteiger partial charge >= 0.3 is 0 Å². The second-order valence-corrected chi connectivity index (χ2v) is 6.65. The molecule has 0 fully saturated rings. The maximum absolute atomic E-state index is 12.2. The van der Waals surface area contributed by atoms with Gasteiger partial charge in [-0.25, -0.2) is 11.7 Å². The van der Waals surface area contributed by atoms with Crippen molar-refractivity contribution in [2.24, 2.45) is 21.8 Å². The van der Waals surface area contributed by atoms with Crippen LogP contribution in [0.5, 0.6) is 0 Å². The first kappa shape index (κ1) is 18.5. The molecule has 0 atom stereocenters. The van der Waals surface area contributed by atoms with E-state index in [4.69, 9.17) is 29.0 Å². The summed E-state index contributed by atoms with van der Waals surface area (Å²) < 4.78 is 27.8. The fourth-order valence-electron chi connectivity index (χ4n) is 1.36. The number of rotatable bonds is 4. The fraction of sp³-hybridized carbons (Fsp3) is 0.200. The number of nitrogens with zero attached hydrogens (tertiary/aromatic N) is 2. The standard InChI is InChI=1S/C10H15ClN6O3S2/c1-5-2-8(7(21)3-6(5)11)22(19,20)16-10(12)17(14)4-9(18)15-13/h2-3,21H,4,13-14H2,1H3,(H2,12,16)(H,15,18). The van der Waals surface area contributed by atoms with Gasteiger partial charge in [0.15, 0.2) is 0 Å². The van der Waals surface area contributed by atoms with E-state index in [0.29, 0.717) is 15.6 Å². The molecule has 1 rings (SSSR count). The predicted octanol–water partition coefficient (Wildman–Crippen LogP) is -0.894. The van der Waals surface area contributed by atoms with Crippen LogP contribution in [-0.4, -0.2) is 31.8 Å². The van der Waals surface area contributed by atoms with E-state index in [1.54, 1.807) is 6.92 Å². The van der Waals surface area contributed by atoms with E-state index in [-0.39, 0.29) is 9.79 Å². The molecular formula is C10H15ClN6O3S2. The lowest BCUT2D eigenvalue weighted by Gasteiger charge is -2.16. The molecular weight excluding hydrogens is 352 g/mol. The first-order valence-corrected chi connectivity index (χ1v) is 7.96. The molecule has 0 saturated heterocycles. The number of guanidine groups is 1. The first-order chi connectivity index (χ1) is 10.1. The van der Waals surface area contributed by atoms with E-state index < -0.39 is 28.4 Å². The monoisotopic (exact) mass is 366 g/mol. The molecule has 7 N–H and O–H groups in total. The van der Waals surface area contributed by atoms with Gasteiger partial charge in [-0.3, -0.25) is 15.2 Å². The van der Waals surface area contributed by atoms with Crippen molar-refractivity contribution in [1.29, 1.82) is 0 Å². The van der Waals surface area contributed by atoms with Gasteiger partial charge in [-0.1, -0.05) is 11.6 Å². The summed E-state index contributed by atoms with van der Waals surface area (Å²) in [7, 11) is -4.17. The van der Waals surface area contributed by atoms with E-state index in [1.807, 2.05) is 5.43 Å². The van der Waals surface area contributed by atoms with Crippen LogP contribution in [0.15, 0.2) is 26.3 Å². The van der Waals surface area contributed by atoms with Gasteiger partial charge in [0.1, 0.15) is 11.4 Å². The third-order valence-corrected chi connectivity index (χ3v) is 4.75. The highest BCUT2D eigenvalue weighted by Crippen LogP contribution is 2.28. The van der Waals surface area contributed by atoms with Crippen molar-refractivity contribution in [3.63, 3.8) is 0 Å². The van der Waals surface area contributed by atoms with Crippen LogP contribution in [0.1, 0.15) is 5.56 Å². The van der Waals surface area contributed by atoms with Gasteiger partial charge in [-0.05, 0) is 24.6 Å². The molecule has 0 spiro atoms. The molecule has 12 heteroatoms. The number of thiol groups is 1. The maximum Gasteiger partial charge on any atom is 0.286 e. The summed E-state index contributed by atoms with van der Waals surface area (Å²) >= 11 is 9.93. The summed E-state index contributed by atoms with van der Waals surface area (Å²) in [6.45, 7) is 1.16. The maximum atomic E-state index is 12.2. The lowest BCUT2D eigenvalue weighted by molar-refractivity contribution is -0.121. The largest absolute Gasteiger partial charge is 0.368 e. The summed E-state index contributed by atoms with van der Waals surface area (Å²) in [6, 6.07) is 2.69. The average Bonchev–Trinajstić information content (AvgIpc) is 2.41. The first-order valence-electron chi connectivity index (χ1n) is 5.69. The Bertz CT molecular complexity index is 722. The molecule has 0 aromatic heterocycles. The van der Waals surface area contributed by atoms with Gasteiger partial charge in [0.2, 0.25) is 5.96 Å². The van der Waals surface area contributed by atoms with Crippen LogP contribution < -0.4 is 22.8 Å². The molecule has 0 aliphatic heterocycles. The molecule has 0 radical (unpaired) electrons. The van der Waals surface area contributed by atoms with Gasteiger partial charge in [-0.15, -0.1) is 17.0 Å². The van der Waals surface area contributed by atoms with E-state index in [0.717, 1.165) is 0 Å². The van der Waals surface area contributed by atoms with E-state index in [2.05, 4.69) is 17.0 Å². The number of amides is 1. The zero-order valence-electron chi connectivity index (χ0n) is 11.4. The fourth-order valence-corrected chi connectivity index (χ4v) is 3.24. The molecule has 0 unspecified atom stereocenters. The van der Waals surface area contributed by atoms with Crippen molar-refractivity contribution in [3.8, 4) is 0 Å². The molecule has 122 valence electrons. The number of aryl methyl sites for hydroxylation is 1. The van der Waals surface area contributed by atoms with Gasteiger partial charge < -0.3 is 5.73 Å². The van der Waals surface area contributed by atoms with E-state index in [9.17, 15) is 13.2 Å². The zero-order chi connectivity index (χ0) is 17.1. The second kappa shape index (κ2) is 7.15. The number of nitrogens with one attached hydrogen (secondary N) is 1. The van der Waals surface area contributed by atoms with Crippen LogP contribution in [0.3, 0.4) is 0 Å². The van der Waals surface area contributed by atoms with Crippen molar-refractivity contribution in [1.82, 2.24) is 10.4 Å². The molecule has 0 bridgehead atoms. The normalized spacial score (nSPS) is 12.1. The van der Waals surface area contributed by atoms with Gasteiger partial charge in [0.05, 0.1) is 0 Å². The van der Waals surface area contributed by atoms with Crippen molar-refractivity contribution < 1.29 is 13.2 Å². The molecule has 9 nitrogen and oxygen atoms in total. The Hall–Kier alpha value is -1.53. The summed E-state index contributed by atoms with van der Waals surface area (Å²) in [5.41, 5.74) is 7.81. The minimum atomic E-state index is -4.17. The Balaban J connectivity index is 3.17. The number of carbonyl (C=O) groups excluding carboxylic acids is 1. The van der Waals surface area contributed by atoms with Crippen LogP contribution in [0, 0.1) is 6.92 Å². The van der Waals surface area contributed by atoms with Gasteiger partial charge in [-0.2, -0.15) is 8.42 Å². The number of benzene rings is 1. The lowest BCUT2D eigenvalue weighted by atomic mass is 10.2. The Labute approximate surface area is 137 Å². The summed E-state index contributed by atoms with van der Waals surface area (Å²) in [4.78, 5) is 11.0. The van der Waals surface area contributed by atoms with Gasteiger partial charge in [0, 0.05) is 9.92 Å². The van der Waals surface area contributed by atoms with Crippen LogP contribution in [0.4, 0.5) is 0 Å². The smallest absolute Gasteiger partial charge is 0.286 e. The molecule has 1 aromatic rings. The SMILES string of the molecule is Cc1cc(S(=O)(=O)/N=C(\N)N(N)CC(=O)NN)c(S)cc1Cl. The van der Waals surface area contributed by atoms with E-state index >= 15 is 0 Å². The summed E-state index contributed by atoms with van der Waals surface area (Å²) in [6.07, 6.45) is 0. The quantitative estimate of drug-likeness (QED) is 0.115. The number of carbonyl (C=O) groups is 1. The molecule has 0 aliphatic rings. The highest BCUT2D eigenvalue weighted by Gasteiger charge is 2.20. The zero-order valence-corrected chi connectivity index (χ0v) is 13.9. The van der Waals surface area contributed by atoms with Gasteiger partial charge in [0.25, 0.3) is 15.9 Å². The summed E-state index contributed by atoms with van der Waals surface area (Å²) in [5.74, 6) is 9.06. The number of hydrogen-bond donors (Lipinski definition) is 5.